The predicted molar refractivity (Wildman–Crippen MR) is 112 cm³/mol. The van der Waals surface area contributed by atoms with E-state index in [4.69, 9.17) is 4.74 Å². The molecule has 0 aliphatic carbocycles. The number of nitrogens with zero attached hydrogens (tertiary/aromatic N) is 3. The molecule has 0 atom stereocenters. The van der Waals surface area contributed by atoms with Gasteiger partial charge in [-0.2, -0.15) is 4.31 Å². The third kappa shape index (κ3) is 6.25. The average molecular weight is 421 g/mol. The average Bonchev–Trinajstić information content (AvgIpc) is 2.71. The number of carbonyl (C=O) groups is 1. The van der Waals surface area contributed by atoms with Crippen LogP contribution >= 0.6 is 0 Å². The monoisotopic (exact) mass is 420 g/mol. The van der Waals surface area contributed by atoms with Crippen LogP contribution in [0.1, 0.15) is 19.4 Å². The summed E-state index contributed by atoms with van der Waals surface area (Å²) in [6, 6.07) is 9.39. The lowest BCUT2D eigenvalue weighted by Gasteiger charge is -2.23. The molecule has 0 fully saturated rings. The Labute approximate surface area is 172 Å². The van der Waals surface area contributed by atoms with Crippen LogP contribution in [-0.2, 0) is 21.3 Å². The highest BCUT2D eigenvalue weighted by atomic mass is 32.2. The Morgan fingerprint density at radius 1 is 1.21 bits per heavy atom. The van der Waals surface area contributed by atoms with Gasteiger partial charge in [-0.15, -0.1) is 0 Å². The third-order valence-corrected chi connectivity index (χ3v) is 6.51. The van der Waals surface area contributed by atoms with Crippen molar-refractivity contribution in [1.29, 1.82) is 0 Å². The van der Waals surface area contributed by atoms with Gasteiger partial charge in [0, 0.05) is 51.4 Å². The number of aromatic nitrogens is 1. The molecule has 158 valence electrons. The van der Waals surface area contributed by atoms with Crippen LogP contribution < -0.4 is 5.32 Å². The Morgan fingerprint density at radius 3 is 2.45 bits per heavy atom. The molecule has 0 aliphatic rings. The predicted octanol–water partition coefficient (Wildman–Crippen LogP) is 2.79. The fourth-order valence-corrected chi connectivity index (χ4v) is 3.89. The molecule has 0 spiro atoms. The first kappa shape index (κ1) is 22.8. The second kappa shape index (κ2) is 10.3. The number of sulfonamides is 1. The second-order valence-electron chi connectivity index (χ2n) is 6.85. The van der Waals surface area contributed by atoms with Crippen LogP contribution in [0.15, 0.2) is 53.7 Å². The van der Waals surface area contributed by atoms with Gasteiger partial charge in [-0.05, 0) is 49.7 Å². The van der Waals surface area contributed by atoms with Crippen molar-refractivity contribution in [2.24, 2.45) is 0 Å². The lowest BCUT2D eigenvalue weighted by Crippen LogP contribution is -2.37. The van der Waals surface area contributed by atoms with Crippen LogP contribution in [0, 0.1) is 0 Å². The number of ether oxygens (including phenoxy) is 1. The minimum atomic E-state index is -3.57. The van der Waals surface area contributed by atoms with Crippen molar-refractivity contribution >= 4 is 21.7 Å². The van der Waals surface area contributed by atoms with E-state index in [2.05, 4.69) is 10.3 Å². The van der Waals surface area contributed by atoms with Crippen LogP contribution in [0.5, 0.6) is 0 Å². The van der Waals surface area contributed by atoms with Crippen molar-refractivity contribution in [3.8, 4) is 0 Å². The number of hydrogen-bond acceptors (Lipinski definition) is 5. The topological polar surface area (TPSA) is 91.8 Å². The number of benzene rings is 1. The number of carbonyl (C=O) groups excluding carboxylic acids is 1. The lowest BCUT2D eigenvalue weighted by atomic mass is 10.2. The first-order valence-corrected chi connectivity index (χ1v) is 10.7. The van der Waals surface area contributed by atoms with E-state index in [0.717, 1.165) is 5.56 Å². The van der Waals surface area contributed by atoms with Crippen LogP contribution in [-0.4, -0.2) is 62.0 Å². The Bertz CT molecular complexity index is 886. The molecule has 1 aromatic carbocycles. The van der Waals surface area contributed by atoms with Crippen molar-refractivity contribution in [3.63, 3.8) is 0 Å². The molecule has 2 amide bonds. The number of amides is 2. The Morgan fingerprint density at radius 2 is 1.90 bits per heavy atom. The van der Waals surface area contributed by atoms with Crippen LogP contribution in [0.4, 0.5) is 10.5 Å². The smallest absolute Gasteiger partial charge is 0.322 e. The lowest BCUT2D eigenvalue weighted by molar-refractivity contribution is 0.153. The highest BCUT2D eigenvalue weighted by Gasteiger charge is 2.23. The van der Waals surface area contributed by atoms with Gasteiger partial charge in [0.1, 0.15) is 0 Å². The number of methoxy groups -OCH3 is 1. The Balaban J connectivity index is 2.11. The van der Waals surface area contributed by atoms with Crippen molar-refractivity contribution in [3.05, 3.63) is 54.4 Å². The van der Waals surface area contributed by atoms with E-state index in [9.17, 15) is 13.2 Å². The van der Waals surface area contributed by atoms with Gasteiger partial charge in [0.2, 0.25) is 10.0 Å². The summed E-state index contributed by atoms with van der Waals surface area (Å²) in [5, 5.41) is 2.80. The molecule has 1 aromatic heterocycles. The Hall–Kier alpha value is -2.49. The van der Waals surface area contributed by atoms with Gasteiger partial charge in [-0.1, -0.05) is 6.07 Å². The molecule has 0 bridgehead atoms. The fraction of sp³-hybridized carbons (Fsp3) is 0.400. The van der Waals surface area contributed by atoms with E-state index in [1.54, 1.807) is 43.6 Å². The van der Waals surface area contributed by atoms with Crippen LogP contribution in [0.25, 0.3) is 0 Å². The van der Waals surface area contributed by atoms with E-state index in [-0.39, 0.29) is 17.0 Å². The first-order valence-electron chi connectivity index (χ1n) is 9.27. The fourth-order valence-electron chi connectivity index (χ4n) is 2.52. The molecule has 0 radical (unpaired) electrons. The third-order valence-electron chi connectivity index (χ3n) is 4.46. The maximum atomic E-state index is 12.7. The van der Waals surface area contributed by atoms with Crippen molar-refractivity contribution < 1.29 is 17.9 Å². The molecule has 0 unspecified atom stereocenters. The summed E-state index contributed by atoms with van der Waals surface area (Å²) in [5.74, 6) is 0. The summed E-state index contributed by atoms with van der Waals surface area (Å²) >= 11 is 0. The summed E-state index contributed by atoms with van der Waals surface area (Å²) < 4.78 is 31.5. The molecular weight excluding hydrogens is 392 g/mol. The number of hydrogen-bond donors (Lipinski definition) is 1. The summed E-state index contributed by atoms with van der Waals surface area (Å²) in [6.45, 7) is 4.80. The largest absolute Gasteiger partial charge is 0.383 e. The van der Waals surface area contributed by atoms with E-state index < -0.39 is 10.0 Å². The summed E-state index contributed by atoms with van der Waals surface area (Å²) in [7, 11) is -0.445. The molecule has 2 aromatic rings. The van der Waals surface area contributed by atoms with E-state index in [1.165, 1.54) is 16.4 Å². The molecule has 29 heavy (non-hydrogen) atoms. The number of anilines is 1. The molecule has 1 N–H and O–H groups in total. The van der Waals surface area contributed by atoms with Gasteiger partial charge in [0.25, 0.3) is 0 Å². The maximum absolute atomic E-state index is 12.7. The number of nitrogens with one attached hydrogen (secondary N) is 1. The minimum absolute atomic E-state index is 0.152. The zero-order valence-corrected chi connectivity index (χ0v) is 18.0. The molecule has 2 rings (SSSR count). The molecule has 0 saturated carbocycles. The minimum Gasteiger partial charge on any atom is -0.383 e. The summed E-state index contributed by atoms with van der Waals surface area (Å²) in [5.41, 5.74) is 1.41. The normalized spacial score (nSPS) is 11.7. The zero-order chi connectivity index (χ0) is 21.4. The summed E-state index contributed by atoms with van der Waals surface area (Å²) in [4.78, 5) is 18.6. The molecule has 8 nitrogen and oxygen atoms in total. The molecule has 0 aliphatic heterocycles. The standard InChI is InChI=1S/C20H28N4O4S/c1-16(2)23(3)29(26,27)19-9-7-18(8-10-19)22-20(25)24(12-13-28-4)15-17-6-5-11-21-14-17/h5-11,14,16H,12-13,15H2,1-4H3,(H,22,25). The van der Waals surface area contributed by atoms with E-state index in [1.807, 2.05) is 26.0 Å². The highest BCUT2D eigenvalue weighted by Crippen LogP contribution is 2.19. The quantitative estimate of drug-likeness (QED) is 0.673. The zero-order valence-electron chi connectivity index (χ0n) is 17.2. The summed E-state index contributed by atoms with van der Waals surface area (Å²) in [6.07, 6.45) is 3.38. The molecular formula is C20H28N4O4S. The number of rotatable bonds is 9. The maximum Gasteiger partial charge on any atom is 0.322 e. The molecule has 1 heterocycles. The molecule has 0 saturated heterocycles. The highest BCUT2D eigenvalue weighted by molar-refractivity contribution is 7.89. The van der Waals surface area contributed by atoms with Gasteiger partial charge in [-0.3, -0.25) is 4.98 Å². The Kier molecular flexibility index (Phi) is 8.12. The van der Waals surface area contributed by atoms with E-state index >= 15 is 0 Å². The van der Waals surface area contributed by atoms with Crippen molar-refractivity contribution in [2.45, 2.75) is 31.3 Å². The van der Waals surface area contributed by atoms with E-state index in [0.29, 0.717) is 25.4 Å². The van der Waals surface area contributed by atoms with Crippen molar-refractivity contribution in [2.75, 3.05) is 32.6 Å². The van der Waals surface area contributed by atoms with Gasteiger partial charge < -0.3 is 15.0 Å². The second-order valence-corrected chi connectivity index (χ2v) is 8.84. The van der Waals surface area contributed by atoms with Gasteiger partial charge in [0.15, 0.2) is 0 Å². The van der Waals surface area contributed by atoms with Gasteiger partial charge in [-0.25, -0.2) is 13.2 Å². The number of pyridine rings is 1. The van der Waals surface area contributed by atoms with Gasteiger partial charge >= 0.3 is 6.03 Å². The number of urea groups is 1. The SMILES string of the molecule is COCCN(Cc1cccnc1)C(=O)Nc1ccc(S(=O)(=O)N(C)C(C)C)cc1. The van der Waals surface area contributed by atoms with Crippen LogP contribution in [0.3, 0.4) is 0 Å². The first-order chi connectivity index (χ1) is 13.8. The van der Waals surface area contributed by atoms with Gasteiger partial charge in [0.05, 0.1) is 11.5 Å². The van der Waals surface area contributed by atoms with Crippen LogP contribution in [0.2, 0.25) is 0 Å². The van der Waals surface area contributed by atoms with Crippen molar-refractivity contribution in [1.82, 2.24) is 14.2 Å². The molecule has 9 heteroatoms.